The highest BCUT2D eigenvalue weighted by molar-refractivity contribution is 7.71. The van der Waals surface area contributed by atoms with Gasteiger partial charge in [-0.15, -0.1) is 0 Å². The molecule has 0 N–H and O–H groups in total. The molecule has 6 heterocycles. The fourth-order valence-electron chi connectivity index (χ4n) is 9.07. The molecule has 1 radical (unpaired) electrons. The van der Waals surface area contributed by atoms with E-state index in [-0.39, 0.29) is 0 Å². The summed E-state index contributed by atoms with van der Waals surface area (Å²) in [4.78, 5) is 14.4. The van der Waals surface area contributed by atoms with Crippen LogP contribution in [0.5, 0.6) is 0 Å². The van der Waals surface area contributed by atoms with Crippen molar-refractivity contribution in [3.63, 3.8) is 0 Å². The second-order valence-electron chi connectivity index (χ2n) is 16.4. The average Bonchev–Trinajstić information content (AvgIpc) is 3.89. The van der Waals surface area contributed by atoms with Crippen molar-refractivity contribution in [1.82, 2.24) is 57.7 Å². The van der Waals surface area contributed by atoms with E-state index in [0.717, 1.165) is 67.1 Å². The SMILES string of the molecule is Cc1cc(C)c(-n2c(-c3ccccn3)nn([B-](n3nc(-c4ccccn4)n(-c4c(C)cc(C)cc4C)c3=S)n3nc(-c4ccccn4)n(-c4c(C)cc(C)cc4C)c3=S)c2=S)c(C)c1. The van der Waals surface area contributed by atoms with Gasteiger partial charge < -0.3 is 13.8 Å². The number of aryl methyl sites for hydroxylation is 9. The van der Waals surface area contributed by atoms with Crippen LogP contribution < -0.4 is 0 Å². The molecule has 0 aliphatic rings. The molecule has 9 rings (SSSR count). The monoisotopic (exact) mass is 896 g/mol. The van der Waals surface area contributed by atoms with Crippen LogP contribution in [0, 0.1) is 76.6 Å². The summed E-state index contributed by atoms with van der Waals surface area (Å²) >= 11 is 19.9. The molecule has 0 unspecified atom stereocenters. The molecule has 0 spiro atoms. The summed E-state index contributed by atoms with van der Waals surface area (Å²) in [6.45, 7) is 18.8. The minimum absolute atomic E-state index is 0.345. The average molecular weight is 897 g/mol. The predicted octanol–water partition coefficient (Wildman–Crippen LogP) is 10.7. The van der Waals surface area contributed by atoms with Gasteiger partial charge in [0.25, 0.3) is 7.12 Å². The van der Waals surface area contributed by atoms with Crippen LogP contribution in [0.4, 0.5) is 0 Å². The van der Waals surface area contributed by atoms with Crippen LogP contribution in [-0.4, -0.2) is 64.8 Å². The molecule has 0 fully saturated rings. The van der Waals surface area contributed by atoms with Crippen molar-refractivity contribution in [3.05, 3.63) is 174 Å². The van der Waals surface area contributed by atoms with Crippen LogP contribution in [0.2, 0.25) is 0 Å². The van der Waals surface area contributed by atoms with Crippen molar-refractivity contribution in [2.45, 2.75) is 62.3 Å². The largest absolute Gasteiger partial charge is 0.394 e. The fourth-order valence-corrected chi connectivity index (χ4v) is 10.0. The van der Waals surface area contributed by atoms with Gasteiger partial charge in [0.2, 0.25) is 0 Å². The van der Waals surface area contributed by atoms with Gasteiger partial charge in [0.15, 0.2) is 31.8 Å². The first-order valence-electron chi connectivity index (χ1n) is 20.9. The highest BCUT2D eigenvalue weighted by Crippen LogP contribution is 2.32. The Morgan fingerprint density at radius 2 is 0.625 bits per heavy atom. The Balaban J connectivity index is 1.46. The first-order chi connectivity index (χ1) is 30.7. The first-order valence-corrected chi connectivity index (χ1v) is 22.1. The van der Waals surface area contributed by atoms with Crippen molar-refractivity contribution in [3.8, 4) is 51.6 Å². The van der Waals surface area contributed by atoms with Crippen LogP contribution >= 0.6 is 36.7 Å². The lowest BCUT2D eigenvalue weighted by atomic mass is 9.96. The van der Waals surface area contributed by atoms with Crippen LogP contribution in [0.3, 0.4) is 0 Å². The minimum Gasteiger partial charge on any atom is -0.394 e. The van der Waals surface area contributed by atoms with E-state index in [0.29, 0.717) is 48.9 Å². The van der Waals surface area contributed by atoms with Crippen molar-refractivity contribution in [2.75, 3.05) is 0 Å². The molecule has 64 heavy (non-hydrogen) atoms. The maximum absolute atomic E-state index is 6.62. The molecule has 0 amide bonds. The lowest BCUT2D eigenvalue weighted by molar-refractivity contribution is 0.750. The second kappa shape index (κ2) is 16.8. The smallest absolute Gasteiger partial charge is 0.271 e. The Bertz CT molecular complexity index is 3020. The molecular weight excluding hydrogens is 852 g/mol. The standard InChI is InChI=1S/C48H45BN12S3/c1-28-22-31(4)40(32(5)23-28)56-43(37-16-10-13-19-50-37)53-59(46(56)62)49(60-47(63)57(41-33(6)24-29(2)25-34(41)7)44(54-60)38-17-11-14-20-51-38)61-48(64)58(42-35(8)26-30(3)27-36(42)9)45(55-61)39-18-12-15-21-52-39/h10-27H,1-9H3/q-1. The van der Waals surface area contributed by atoms with E-state index in [4.69, 9.17) is 66.9 Å². The van der Waals surface area contributed by atoms with Gasteiger partial charge in [-0.2, -0.15) is 15.3 Å². The molecule has 0 aliphatic carbocycles. The van der Waals surface area contributed by atoms with E-state index >= 15 is 0 Å². The van der Waals surface area contributed by atoms with Crippen LogP contribution in [0.15, 0.2) is 110 Å². The summed E-state index contributed by atoms with van der Waals surface area (Å²) in [5.74, 6) is 1.56. The normalized spacial score (nSPS) is 11.5. The summed E-state index contributed by atoms with van der Waals surface area (Å²) in [5.41, 5.74) is 14.1. The van der Waals surface area contributed by atoms with E-state index in [2.05, 4.69) is 98.7 Å². The van der Waals surface area contributed by atoms with Gasteiger partial charge in [0.1, 0.15) is 17.1 Å². The summed E-state index contributed by atoms with van der Waals surface area (Å²) in [6.07, 6.45) is 5.25. The lowest BCUT2D eigenvalue weighted by Gasteiger charge is -2.28. The van der Waals surface area contributed by atoms with Crippen molar-refractivity contribution < 1.29 is 0 Å². The Labute approximate surface area is 387 Å². The Morgan fingerprint density at radius 3 is 0.844 bits per heavy atom. The van der Waals surface area contributed by atoms with Gasteiger partial charge in [-0.05, 0) is 169 Å². The molecule has 0 saturated carbocycles. The van der Waals surface area contributed by atoms with E-state index in [1.165, 1.54) is 0 Å². The van der Waals surface area contributed by atoms with E-state index in [1.807, 2.05) is 68.3 Å². The number of nitrogens with zero attached hydrogens (tertiary/aromatic N) is 12. The highest BCUT2D eigenvalue weighted by atomic mass is 32.1. The van der Waals surface area contributed by atoms with Crippen molar-refractivity contribution in [2.24, 2.45) is 0 Å². The van der Waals surface area contributed by atoms with Gasteiger partial charge in [0.05, 0.1) is 17.1 Å². The lowest BCUT2D eigenvalue weighted by Crippen LogP contribution is -2.44. The number of hydrogen-bond acceptors (Lipinski definition) is 9. The summed E-state index contributed by atoms with van der Waals surface area (Å²) < 4.78 is 12.2. The molecular formula is C48H45BN12S3-. The Morgan fingerprint density at radius 1 is 0.375 bits per heavy atom. The predicted molar refractivity (Wildman–Crippen MR) is 261 cm³/mol. The van der Waals surface area contributed by atoms with E-state index in [1.54, 1.807) is 32.4 Å². The molecule has 319 valence electrons. The van der Waals surface area contributed by atoms with E-state index < -0.39 is 7.12 Å². The second-order valence-corrected chi connectivity index (χ2v) is 17.5. The highest BCUT2D eigenvalue weighted by Gasteiger charge is 2.28. The molecule has 3 aromatic carbocycles. The zero-order valence-corrected chi connectivity index (χ0v) is 39.5. The van der Waals surface area contributed by atoms with Crippen LogP contribution in [0.25, 0.3) is 51.6 Å². The number of pyridine rings is 3. The third-order valence-corrected chi connectivity index (χ3v) is 12.4. The maximum atomic E-state index is 6.62. The van der Waals surface area contributed by atoms with Gasteiger partial charge in [-0.25, -0.2) is 0 Å². The third kappa shape index (κ3) is 7.30. The molecule has 16 heteroatoms. The molecule has 9 aromatic rings. The van der Waals surface area contributed by atoms with Gasteiger partial charge in [-0.3, -0.25) is 28.7 Å². The van der Waals surface area contributed by atoms with Crippen molar-refractivity contribution in [1.29, 1.82) is 0 Å². The molecule has 0 saturated heterocycles. The fraction of sp³-hybridized carbons (Fsp3) is 0.188. The quantitative estimate of drug-likeness (QED) is 0.103. The van der Waals surface area contributed by atoms with E-state index in [9.17, 15) is 0 Å². The van der Waals surface area contributed by atoms with Crippen molar-refractivity contribution >= 4 is 43.8 Å². The third-order valence-electron chi connectivity index (χ3n) is 11.3. The van der Waals surface area contributed by atoms with Crippen LogP contribution in [-0.2, 0) is 0 Å². The zero-order valence-electron chi connectivity index (χ0n) is 37.1. The summed E-state index contributed by atoms with van der Waals surface area (Å²) in [5, 5.41) is 16.2. The van der Waals surface area contributed by atoms with Gasteiger partial charge in [-0.1, -0.05) is 71.3 Å². The number of hydrogen-bond donors (Lipinski definition) is 0. The number of aromatic nitrogens is 12. The van der Waals surface area contributed by atoms with Gasteiger partial charge in [0, 0.05) is 18.6 Å². The Kier molecular flexibility index (Phi) is 11.1. The minimum atomic E-state index is -1.10. The van der Waals surface area contributed by atoms with Crippen LogP contribution in [0.1, 0.15) is 50.1 Å². The Hall–Kier alpha value is -6.75. The summed E-state index contributed by atoms with van der Waals surface area (Å²) in [6, 6.07) is 30.1. The molecule has 0 bridgehead atoms. The molecule has 12 nitrogen and oxygen atoms in total. The topological polar surface area (TPSA) is 107 Å². The van der Waals surface area contributed by atoms with Gasteiger partial charge >= 0.3 is 0 Å². The number of rotatable bonds is 9. The summed E-state index contributed by atoms with van der Waals surface area (Å²) in [7, 11) is -1.10. The number of benzene rings is 3. The maximum Gasteiger partial charge on any atom is 0.271 e. The zero-order chi connectivity index (χ0) is 45.1. The molecule has 0 aliphatic heterocycles. The molecule has 6 aromatic heterocycles. The molecule has 0 atom stereocenters. The first kappa shape index (κ1) is 42.6.